The van der Waals surface area contributed by atoms with Crippen molar-refractivity contribution in [3.63, 3.8) is 0 Å². The molecule has 0 aliphatic carbocycles. The van der Waals surface area contributed by atoms with E-state index in [1.807, 2.05) is 24.3 Å². The van der Waals surface area contributed by atoms with Gasteiger partial charge in [-0.15, -0.1) is 0 Å². The lowest BCUT2D eigenvalue weighted by Crippen LogP contribution is -2.37. The van der Waals surface area contributed by atoms with E-state index >= 15 is 0 Å². The average Bonchev–Trinajstić information content (AvgIpc) is 3.09. The number of amides is 1. The fourth-order valence-corrected chi connectivity index (χ4v) is 4.16. The summed E-state index contributed by atoms with van der Waals surface area (Å²) in [5.41, 5.74) is 2.25. The van der Waals surface area contributed by atoms with Crippen LogP contribution < -0.4 is 14.4 Å². The molecule has 0 saturated carbocycles. The summed E-state index contributed by atoms with van der Waals surface area (Å²) in [6, 6.07) is 10.5. The van der Waals surface area contributed by atoms with Gasteiger partial charge >= 0.3 is 5.97 Å². The lowest BCUT2D eigenvalue weighted by Gasteiger charge is -2.32. The van der Waals surface area contributed by atoms with Gasteiger partial charge in [-0.2, -0.15) is 0 Å². The lowest BCUT2D eigenvalue weighted by molar-refractivity contribution is -0.136. The van der Waals surface area contributed by atoms with Crippen LogP contribution in [-0.2, 0) is 14.3 Å². The predicted octanol–water partition coefficient (Wildman–Crippen LogP) is 3.50. The number of methoxy groups -OCH3 is 2. The Bertz CT molecular complexity index is 1020. The molecule has 2 aliphatic rings. The Hall–Kier alpha value is -3.00. The highest BCUT2D eigenvalue weighted by molar-refractivity contribution is 9.10. The molecular weight excluding hydrogens is 442 g/mol. The van der Waals surface area contributed by atoms with Crippen molar-refractivity contribution in [2.45, 2.75) is 12.3 Å². The number of rotatable bonds is 4. The molecule has 2 aromatic rings. The normalized spacial score (nSPS) is 18.6. The first-order valence-electron chi connectivity index (χ1n) is 8.88. The van der Waals surface area contributed by atoms with Crippen LogP contribution in [0.1, 0.15) is 17.9 Å². The van der Waals surface area contributed by atoms with Crippen molar-refractivity contribution in [2.75, 3.05) is 25.7 Å². The number of esters is 1. The number of carbonyl (C=O) groups excluding carboxylic acids is 2. The van der Waals surface area contributed by atoms with Gasteiger partial charge in [0.2, 0.25) is 11.7 Å². The van der Waals surface area contributed by atoms with Crippen LogP contribution in [-0.4, -0.2) is 37.8 Å². The smallest absolute Gasteiger partial charge is 0.336 e. The van der Waals surface area contributed by atoms with Crippen LogP contribution >= 0.6 is 15.9 Å². The second-order valence-corrected chi connectivity index (χ2v) is 7.59. The van der Waals surface area contributed by atoms with Crippen molar-refractivity contribution < 1.29 is 28.9 Å². The Morgan fingerprint density at radius 2 is 1.83 bits per heavy atom. The molecule has 1 amide bonds. The molecule has 0 saturated heterocycles. The first-order chi connectivity index (χ1) is 13.9. The second kappa shape index (κ2) is 7.44. The molecule has 29 heavy (non-hydrogen) atoms. The first kappa shape index (κ1) is 19.3. The van der Waals surface area contributed by atoms with E-state index in [9.17, 15) is 14.7 Å². The largest absolute Gasteiger partial charge is 0.502 e. The number of aromatic hydroxyl groups is 1. The molecule has 1 atom stereocenters. The minimum atomic E-state index is -0.528. The molecule has 0 aromatic heterocycles. The molecule has 1 unspecified atom stereocenters. The standard InChI is InChI=1S/C21H18BrNO6/c1-27-16-6-11(7-17(28-2)20(16)25)14-9-18(24)23(13-5-3-4-12(22)8-13)15-10-29-21(26)19(14)15/h3-8,14,25H,9-10H2,1-2H3. The third kappa shape index (κ3) is 3.23. The molecule has 1 N–H and O–H groups in total. The SMILES string of the molecule is COc1cc(C2CC(=O)N(c3cccc(Br)c3)C3=C2C(=O)OC3)cc(OC)c1O. The number of carbonyl (C=O) groups is 2. The van der Waals surface area contributed by atoms with E-state index in [2.05, 4.69) is 15.9 Å². The first-order valence-corrected chi connectivity index (χ1v) is 9.67. The van der Waals surface area contributed by atoms with Crippen LogP contribution in [0.3, 0.4) is 0 Å². The van der Waals surface area contributed by atoms with E-state index in [-0.39, 0.29) is 36.2 Å². The number of cyclic esters (lactones) is 1. The van der Waals surface area contributed by atoms with Crippen LogP contribution in [0.15, 0.2) is 52.1 Å². The zero-order chi connectivity index (χ0) is 20.7. The third-order valence-corrected chi connectivity index (χ3v) is 5.58. The molecule has 0 spiro atoms. The van der Waals surface area contributed by atoms with E-state index < -0.39 is 11.9 Å². The van der Waals surface area contributed by atoms with Crippen molar-refractivity contribution in [3.05, 3.63) is 57.7 Å². The highest BCUT2D eigenvalue weighted by Gasteiger charge is 2.43. The topological polar surface area (TPSA) is 85.3 Å². The fraction of sp³-hybridized carbons (Fsp3) is 0.238. The quantitative estimate of drug-likeness (QED) is 0.704. The third-order valence-electron chi connectivity index (χ3n) is 5.09. The number of phenols is 1. The van der Waals surface area contributed by atoms with Gasteiger partial charge in [-0.1, -0.05) is 22.0 Å². The molecule has 0 bridgehead atoms. The van der Waals surface area contributed by atoms with Gasteiger partial charge < -0.3 is 19.3 Å². The molecule has 8 heteroatoms. The lowest BCUT2D eigenvalue weighted by atomic mass is 9.83. The Morgan fingerprint density at radius 1 is 1.14 bits per heavy atom. The minimum Gasteiger partial charge on any atom is -0.502 e. The van der Waals surface area contributed by atoms with Crippen LogP contribution in [0.25, 0.3) is 0 Å². The van der Waals surface area contributed by atoms with Crippen LogP contribution in [0.2, 0.25) is 0 Å². The van der Waals surface area contributed by atoms with Gasteiger partial charge in [0.15, 0.2) is 11.5 Å². The maximum atomic E-state index is 13.1. The van der Waals surface area contributed by atoms with Crippen molar-refractivity contribution in [3.8, 4) is 17.2 Å². The molecule has 4 rings (SSSR count). The van der Waals surface area contributed by atoms with Gasteiger partial charge in [-0.25, -0.2) is 4.79 Å². The summed E-state index contributed by atoms with van der Waals surface area (Å²) in [6.07, 6.45) is 0.0670. The van der Waals surface area contributed by atoms with Gasteiger partial charge in [0.05, 0.1) is 25.5 Å². The van der Waals surface area contributed by atoms with Gasteiger partial charge in [0.1, 0.15) is 6.61 Å². The number of anilines is 1. The Labute approximate surface area is 175 Å². The molecule has 2 heterocycles. The van der Waals surface area contributed by atoms with Crippen molar-refractivity contribution in [1.29, 1.82) is 0 Å². The molecule has 150 valence electrons. The maximum Gasteiger partial charge on any atom is 0.336 e. The monoisotopic (exact) mass is 459 g/mol. The van der Waals surface area contributed by atoms with Crippen LogP contribution in [0, 0.1) is 0 Å². The Morgan fingerprint density at radius 3 is 2.45 bits per heavy atom. The number of hydrogen-bond donors (Lipinski definition) is 1. The zero-order valence-electron chi connectivity index (χ0n) is 15.8. The Kier molecular flexibility index (Phi) is 4.96. The van der Waals surface area contributed by atoms with Gasteiger partial charge in [-0.3, -0.25) is 9.69 Å². The zero-order valence-corrected chi connectivity index (χ0v) is 17.4. The summed E-state index contributed by atoms with van der Waals surface area (Å²) >= 11 is 3.42. The molecule has 2 aliphatic heterocycles. The summed E-state index contributed by atoms with van der Waals surface area (Å²) in [4.78, 5) is 27.2. The summed E-state index contributed by atoms with van der Waals surface area (Å²) in [5.74, 6) is -0.872. The van der Waals surface area contributed by atoms with Gasteiger partial charge in [0, 0.05) is 22.5 Å². The minimum absolute atomic E-state index is 0.0231. The predicted molar refractivity (Wildman–Crippen MR) is 108 cm³/mol. The summed E-state index contributed by atoms with van der Waals surface area (Å²) in [6.45, 7) is 0.0231. The van der Waals surface area contributed by atoms with E-state index in [4.69, 9.17) is 14.2 Å². The van der Waals surface area contributed by atoms with Crippen molar-refractivity contribution in [1.82, 2.24) is 0 Å². The molecular formula is C21H18BrNO6. The Balaban J connectivity index is 1.85. The van der Waals surface area contributed by atoms with Gasteiger partial charge in [-0.05, 0) is 35.9 Å². The number of nitrogens with zero attached hydrogens (tertiary/aromatic N) is 1. The summed E-state index contributed by atoms with van der Waals surface area (Å²) in [5, 5.41) is 10.2. The van der Waals surface area contributed by atoms with Crippen LogP contribution in [0.5, 0.6) is 17.2 Å². The second-order valence-electron chi connectivity index (χ2n) is 6.68. The van der Waals surface area contributed by atoms with Crippen molar-refractivity contribution in [2.24, 2.45) is 0 Å². The fourth-order valence-electron chi connectivity index (χ4n) is 3.77. The molecule has 2 aromatic carbocycles. The van der Waals surface area contributed by atoms with E-state index in [1.165, 1.54) is 19.1 Å². The number of benzene rings is 2. The number of ether oxygens (including phenoxy) is 3. The highest BCUT2D eigenvalue weighted by atomic mass is 79.9. The maximum absolute atomic E-state index is 13.1. The van der Waals surface area contributed by atoms with Crippen LogP contribution in [0.4, 0.5) is 5.69 Å². The van der Waals surface area contributed by atoms with E-state index in [0.29, 0.717) is 22.5 Å². The molecule has 0 radical (unpaired) electrons. The number of hydrogen-bond acceptors (Lipinski definition) is 6. The van der Waals surface area contributed by atoms with E-state index in [0.717, 1.165) is 4.47 Å². The molecule has 7 nitrogen and oxygen atoms in total. The summed E-state index contributed by atoms with van der Waals surface area (Å²) < 4.78 is 16.6. The summed E-state index contributed by atoms with van der Waals surface area (Å²) in [7, 11) is 2.85. The molecule has 0 fully saturated rings. The van der Waals surface area contributed by atoms with Crippen molar-refractivity contribution >= 4 is 33.5 Å². The number of phenolic OH excluding ortho intramolecular Hbond substituents is 1. The number of halogens is 1. The van der Waals surface area contributed by atoms with Gasteiger partial charge in [0.25, 0.3) is 0 Å². The average molecular weight is 460 g/mol. The highest BCUT2D eigenvalue weighted by Crippen LogP contribution is 2.46. The van der Waals surface area contributed by atoms with E-state index in [1.54, 1.807) is 12.1 Å².